The summed E-state index contributed by atoms with van der Waals surface area (Å²) in [4.78, 5) is 25.0. The molecule has 0 aromatic rings. The maximum atomic E-state index is 12.1. The first kappa shape index (κ1) is 19.5. The molecule has 0 unspecified atom stereocenters. The van der Waals surface area contributed by atoms with Crippen LogP contribution in [0, 0.1) is 0 Å². The number of aliphatic hydroxyl groups excluding tert-OH is 1. The minimum atomic E-state index is -0.806. The van der Waals surface area contributed by atoms with Gasteiger partial charge in [-0.2, -0.15) is 0 Å². The highest BCUT2D eigenvalue weighted by Crippen LogP contribution is 2.19. The summed E-state index contributed by atoms with van der Waals surface area (Å²) in [7, 11) is 0. The van der Waals surface area contributed by atoms with Gasteiger partial charge in [-0.3, -0.25) is 4.90 Å². The number of amides is 2. The summed E-state index contributed by atoms with van der Waals surface area (Å²) in [6.45, 7) is 10.9. The number of carbonyl (C=O) groups excluding carboxylic acids is 2. The van der Waals surface area contributed by atoms with Gasteiger partial charge in [-0.25, -0.2) is 9.59 Å². The molecule has 0 saturated heterocycles. The van der Waals surface area contributed by atoms with Crippen molar-refractivity contribution in [2.24, 2.45) is 0 Å². The Morgan fingerprint density at radius 2 is 1.62 bits per heavy atom. The Hall–Kier alpha value is -1.50. The van der Waals surface area contributed by atoms with Gasteiger partial charge in [0.2, 0.25) is 0 Å². The zero-order valence-corrected chi connectivity index (χ0v) is 13.9. The molecule has 7 heteroatoms. The molecule has 0 aromatic heterocycles. The van der Waals surface area contributed by atoms with Crippen LogP contribution in [0.15, 0.2) is 0 Å². The van der Waals surface area contributed by atoms with Gasteiger partial charge < -0.3 is 19.9 Å². The molecule has 21 heavy (non-hydrogen) atoms. The van der Waals surface area contributed by atoms with Crippen LogP contribution >= 0.6 is 0 Å². The van der Waals surface area contributed by atoms with Crippen molar-refractivity contribution in [3.05, 3.63) is 0 Å². The standard InChI is InChI=1S/C14H28N2O5/c1-7-20-11(18)15-13(3,4)9-16(12(19)21-8-2)14(5,6)10-17/h17H,7-10H2,1-6H3,(H,15,18). The van der Waals surface area contributed by atoms with Crippen molar-refractivity contribution in [2.75, 3.05) is 26.4 Å². The van der Waals surface area contributed by atoms with Gasteiger partial charge in [0.05, 0.1) is 30.9 Å². The van der Waals surface area contributed by atoms with E-state index in [9.17, 15) is 14.7 Å². The lowest BCUT2D eigenvalue weighted by molar-refractivity contribution is 0.0239. The third-order valence-electron chi connectivity index (χ3n) is 2.88. The summed E-state index contributed by atoms with van der Waals surface area (Å²) < 4.78 is 9.87. The van der Waals surface area contributed by atoms with Gasteiger partial charge in [-0.15, -0.1) is 0 Å². The van der Waals surface area contributed by atoms with Crippen molar-refractivity contribution >= 4 is 12.2 Å². The van der Waals surface area contributed by atoms with E-state index in [1.54, 1.807) is 41.5 Å². The van der Waals surface area contributed by atoms with Crippen LogP contribution in [-0.2, 0) is 9.47 Å². The topological polar surface area (TPSA) is 88.1 Å². The van der Waals surface area contributed by atoms with Crippen molar-refractivity contribution in [1.82, 2.24) is 10.2 Å². The highest BCUT2D eigenvalue weighted by Gasteiger charge is 2.36. The van der Waals surface area contributed by atoms with Crippen LogP contribution in [0.5, 0.6) is 0 Å². The molecule has 0 spiro atoms. The van der Waals surface area contributed by atoms with Gasteiger partial charge in [0.25, 0.3) is 0 Å². The number of rotatable bonds is 7. The van der Waals surface area contributed by atoms with Crippen molar-refractivity contribution in [2.45, 2.75) is 52.6 Å². The van der Waals surface area contributed by atoms with Crippen LogP contribution in [0.1, 0.15) is 41.5 Å². The van der Waals surface area contributed by atoms with Gasteiger partial charge >= 0.3 is 12.2 Å². The van der Waals surface area contributed by atoms with E-state index >= 15 is 0 Å². The van der Waals surface area contributed by atoms with Crippen LogP contribution in [0.4, 0.5) is 9.59 Å². The first-order chi connectivity index (χ1) is 9.59. The fourth-order valence-corrected chi connectivity index (χ4v) is 1.69. The maximum absolute atomic E-state index is 12.1. The van der Waals surface area contributed by atoms with Crippen molar-refractivity contribution in [3.8, 4) is 0 Å². The zero-order chi connectivity index (χ0) is 16.7. The second kappa shape index (κ2) is 8.07. The summed E-state index contributed by atoms with van der Waals surface area (Å²) >= 11 is 0. The van der Waals surface area contributed by atoms with Crippen LogP contribution < -0.4 is 5.32 Å². The van der Waals surface area contributed by atoms with Crippen molar-refractivity contribution < 1.29 is 24.2 Å². The number of nitrogens with one attached hydrogen (secondary N) is 1. The van der Waals surface area contributed by atoms with E-state index in [1.807, 2.05) is 0 Å². The lowest BCUT2D eigenvalue weighted by atomic mass is 9.99. The molecule has 0 aliphatic carbocycles. The summed E-state index contributed by atoms with van der Waals surface area (Å²) in [5.74, 6) is 0. The Labute approximate surface area is 126 Å². The number of ether oxygens (including phenoxy) is 2. The monoisotopic (exact) mass is 304 g/mol. The SMILES string of the molecule is CCOC(=O)NC(C)(C)CN(C(=O)OCC)C(C)(C)CO. The molecular formula is C14H28N2O5. The average Bonchev–Trinajstić information content (AvgIpc) is 2.35. The predicted octanol–water partition coefficient (Wildman–Crippen LogP) is 1.74. The van der Waals surface area contributed by atoms with E-state index in [4.69, 9.17) is 9.47 Å². The molecule has 124 valence electrons. The van der Waals surface area contributed by atoms with Crippen LogP contribution in [0.25, 0.3) is 0 Å². The number of aliphatic hydroxyl groups is 1. The molecule has 0 bridgehead atoms. The van der Waals surface area contributed by atoms with E-state index in [0.29, 0.717) is 0 Å². The van der Waals surface area contributed by atoms with E-state index < -0.39 is 23.3 Å². The molecule has 0 radical (unpaired) electrons. The molecule has 0 atom stereocenters. The Balaban J connectivity index is 5.02. The van der Waals surface area contributed by atoms with Gasteiger partial charge in [0.1, 0.15) is 0 Å². The summed E-state index contributed by atoms with van der Waals surface area (Å²) in [6, 6.07) is 0. The zero-order valence-electron chi connectivity index (χ0n) is 13.9. The second-order valence-electron chi connectivity index (χ2n) is 5.98. The predicted molar refractivity (Wildman–Crippen MR) is 79.1 cm³/mol. The van der Waals surface area contributed by atoms with E-state index in [-0.39, 0.29) is 26.4 Å². The Kier molecular flexibility index (Phi) is 7.49. The van der Waals surface area contributed by atoms with Gasteiger partial charge in [-0.05, 0) is 41.5 Å². The average molecular weight is 304 g/mol. The smallest absolute Gasteiger partial charge is 0.410 e. The molecule has 2 amide bonds. The molecule has 0 rings (SSSR count). The maximum Gasteiger partial charge on any atom is 0.410 e. The molecule has 7 nitrogen and oxygen atoms in total. The highest BCUT2D eigenvalue weighted by atomic mass is 16.6. The lowest BCUT2D eigenvalue weighted by Gasteiger charge is -2.41. The fraction of sp³-hybridized carbons (Fsp3) is 0.857. The van der Waals surface area contributed by atoms with Crippen molar-refractivity contribution in [3.63, 3.8) is 0 Å². The first-order valence-corrected chi connectivity index (χ1v) is 7.09. The Bertz CT molecular complexity index is 355. The summed E-state index contributed by atoms with van der Waals surface area (Å²) in [6.07, 6.45) is -1.08. The van der Waals surface area contributed by atoms with Crippen LogP contribution in [-0.4, -0.2) is 59.6 Å². The fourth-order valence-electron chi connectivity index (χ4n) is 1.69. The second-order valence-corrected chi connectivity index (χ2v) is 5.98. The molecule has 0 aliphatic heterocycles. The van der Waals surface area contributed by atoms with Crippen LogP contribution in [0.3, 0.4) is 0 Å². The number of nitrogens with zero attached hydrogens (tertiary/aromatic N) is 1. The molecule has 0 heterocycles. The van der Waals surface area contributed by atoms with Crippen LogP contribution in [0.2, 0.25) is 0 Å². The Morgan fingerprint density at radius 3 is 2.05 bits per heavy atom. The third kappa shape index (κ3) is 6.66. The van der Waals surface area contributed by atoms with E-state index in [1.165, 1.54) is 4.90 Å². The molecule has 0 aromatic carbocycles. The quantitative estimate of drug-likeness (QED) is 0.748. The number of hydrogen-bond acceptors (Lipinski definition) is 5. The summed E-state index contributed by atoms with van der Waals surface area (Å²) in [5, 5.41) is 12.2. The molecule has 2 N–H and O–H groups in total. The highest BCUT2D eigenvalue weighted by molar-refractivity contribution is 5.70. The lowest BCUT2D eigenvalue weighted by Crippen LogP contribution is -2.59. The summed E-state index contributed by atoms with van der Waals surface area (Å²) in [5.41, 5.74) is -1.54. The molecular weight excluding hydrogens is 276 g/mol. The van der Waals surface area contributed by atoms with Gasteiger partial charge in [0, 0.05) is 6.54 Å². The number of alkyl carbamates (subject to hydrolysis) is 1. The van der Waals surface area contributed by atoms with E-state index in [2.05, 4.69) is 5.32 Å². The van der Waals surface area contributed by atoms with Gasteiger partial charge in [0.15, 0.2) is 0 Å². The van der Waals surface area contributed by atoms with Gasteiger partial charge in [-0.1, -0.05) is 0 Å². The molecule has 0 fully saturated rings. The Morgan fingerprint density at radius 1 is 1.10 bits per heavy atom. The molecule has 0 saturated carbocycles. The first-order valence-electron chi connectivity index (χ1n) is 7.09. The number of hydrogen-bond donors (Lipinski definition) is 2. The normalized spacial score (nSPS) is 11.8. The minimum absolute atomic E-state index is 0.179. The minimum Gasteiger partial charge on any atom is -0.450 e. The molecule has 0 aliphatic rings. The largest absolute Gasteiger partial charge is 0.450 e. The third-order valence-corrected chi connectivity index (χ3v) is 2.88. The van der Waals surface area contributed by atoms with E-state index in [0.717, 1.165) is 0 Å². The number of carbonyl (C=O) groups is 2. The van der Waals surface area contributed by atoms with Crippen molar-refractivity contribution in [1.29, 1.82) is 0 Å².